The van der Waals surface area contributed by atoms with E-state index >= 15 is 0 Å². The lowest BCUT2D eigenvalue weighted by molar-refractivity contribution is -0.0444. The number of benzene rings is 1. The number of hydrogen-bond donors (Lipinski definition) is 1. The van der Waals surface area contributed by atoms with Crippen LogP contribution in [0.25, 0.3) is 0 Å². The summed E-state index contributed by atoms with van der Waals surface area (Å²) in [6.45, 7) is 5.98. The Bertz CT molecular complexity index is 453. The first-order valence-electron chi connectivity index (χ1n) is 7.46. The second-order valence-electron chi connectivity index (χ2n) is 5.18. The maximum absolute atomic E-state index is 5.97. The maximum atomic E-state index is 5.97. The molecule has 1 heterocycles. The van der Waals surface area contributed by atoms with Crippen LogP contribution >= 0.6 is 0 Å². The molecule has 0 spiro atoms. The van der Waals surface area contributed by atoms with Crippen molar-refractivity contribution in [3.8, 4) is 11.5 Å². The van der Waals surface area contributed by atoms with Crippen molar-refractivity contribution in [3.63, 3.8) is 0 Å². The summed E-state index contributed by atoms with van der Waals surface area (Å²) >= 11 is 0. The molecule has 5 heteroatoms. The van der Waals surface area contributed by atoms with Gasteiger partial charge in [-0.3, -0.25) is 4.90 Å². The fourth-order valence-electron chi connectivity index (χ4n) is 2.83. The highest BCUT2D eigenvalue weighted by molar-refractivity contribution is 5.44. The number of likely N-dealkylation sites (N-methyl/N-ethyl adjacent to an activating group) is 2. The van der Waals surface area contributed by atoms with Crippen LogP contribution in [0.1, 0.15) is 18.5 Å². The van der Waals surface area contributed by atoms with E-state index in [4.69, 9.17) is 14.2 Å². The summed E-state index contributed by atoms with van der Waals surface area (Å²) in [6.07, 6.45) is 0.141. The van der Waals surface area contributed by atoms with Gasteiger partial charge in [-0.2, -0.15) is 0 Å². The fourth-order valence-corrected chi connectivity index (χ4v) is 2.83. The second kappa shape index (κ2) is 7.64. The molecule has 1 aromatic rings. The van der Waals surface area contributed by atoms with Crippen molar-refractivity contribution in [2.24, 2.45) is 0 Å². The first kappa shape index (κ1) is 16.1. The number of hydrogen-bond acceptors (Lipinski definition) is 5. The van der Waals surface area contributed by atoms with Crippen LogP contribution in [-0.4, -0.2) is 58.5 Å². The van der Waals surface area contributed by atoms with E-state index in [1.807, 2.05) is 19.2 Å². The fraction of sp³-hybridized carbons (Fsp3) is 0.625. The number of morpholine rings is 1. The summed E-state index contributed by atoms with van der Waals surface area (Å²) in [4.78, 5) is 2.42. The van der Waals surface area contributed by atoms with Gasteiger partial charge >= 0.3 is 0 Å². The van der Waals surface area contributed by atoms with Gasteiger partial charge in [0.1, 0.15) is 0 Å². The standard InChI is InChI=1S/C16H26N2O3/c1-5-18-8-9-21-15(11-18)16(17-2)12-6-7-13(19-3)14(10-12)20-4/h6-7,10,15-17H,5,8-9,11H2,1-4H3. The number of methoxy groups -OCH3 is 2. The third kappa shape index (κ3) is 3.67. The van der Waals surface area contributed by atoms with Gasteiger partial charge in [0, 0.05) is 13.1 Å². The lowest BCUT2D eigenvalue weighted by atomic mass is 9.99. The van der Waals surface area contributed by atoms with Crippen molar-refractivity contribution < 1.29 is 14.2 Å². The van der Waals surface area contributed by atoms with Gasteiger partial charge in [0.25, 0.3) is 0 Å². The molecule has 1 fully saturated rings. The van der Waals surface area contributed by atoms with E-state index in [1.165, 1.54) is 0 Å². The Morgan fingerprint density at radius 2 is 2.10 bits per heavy atom. The average Bonchev–Trinajstić information content (AvgIpc) is 2.55. The van der Waals surface area contributed by atoms with Crippen LogP contribution in [0.15, 0.2) is 18.2 Å². The summed E-state index contributed by atoms with van der Waals surface area (Å²) in [5, 5.41) is 3.37. The van der Waals surface area contributed by atoms with Crippen molar-refractivity contribution in [1.82, 2.24) is 10.2 Å². The zero-order valence-corrected chi connectivity index (χ0v) is 13.4. The molecule has 118 valence electrons. The van der Waals surface area contributed by atoms with Crippen LogP contribution < -0.4 is 14.8 Å². The van der Waals surface area contributed by atoms with Gasteiger partial charge in [-0.15, -0.1) is 0 Å². The molecule has 2 rings (SSSR count). The molecule has 0 amide bonds. The molecule has 21 heavy (non-hydrogen) atoms. The van der Waals surface area contributed by atoms with Crippen molar-refractivity contribution in [3.05, 3.63) is 23.8 Å². The minimum atomic E-state index is 0.138. The lowest BCUT2D eigenvalue weighted by Gasteiger charge is -2.36. The molecule has 1 N–H and O–H groups in total. The quantitative estimate of drug-likeness (QED) is 0.865. The molecule has 2 unspecified atom stereocenters. The van der Waals surface area contributed by atoms with E-state index in [2.05, 4.69) is 23.2 Å². The van der Waals surface area contributed by atoms with Crippen LogP contribution in [0.5, 0.6) is 11.5 Å². The molecule has 0 aliphatic carbocycles. The molecule has 1 aromatic carbocycles. The Balaban J connectivity index is 2.20. The van der Waals surface area contributed by atoms with Crippen molar-refractivity contribution in [2.75, 3.05) is 47.5 Å². The van der Waals surface area contributed by atoms with Gasteiger partial charge in [-0.1, -0.05) is 13.0 Å². The summed E-state index contributed by atoms with van der Waals surface area (Å²) in [5.74, 6) is 1.49. The zero-order valence-electron chi connectivity index (χ0n) is 13.4. The van der Waals surface area contributed by atoms with Gasteiger partial charge < -0.3 is 19.5 Å². The summed E-state index contributed by atoms with van der Waals surface area (Å²) in [6, 6.07) is 6.17. The zero-order chi connectivity index (χ0) is 15.2. The SMILES string of the molecule is CCN1CCOC(C(NC)c2ccc(OC)c(OC)c2)C1. The highest BCUT2D eigenvalue weighted by Gasteiger charge is 2.28. The Morgan fingerprint density at radius 1 is 1.33 bits per heavy atom. The molecular weight excluding hydrogens is 268 g/mol. The number of ether oxygens (including phenoxy) is 3. The first-order valence-corrected chi connectivity index (χ1v) is 7.46. The summed E-state index contributed by atoms with van der Waals surface area (Å²) in [5.41, 5.74) is 1.15. The number of rotatable bonds is 6. The maximum Gasteiger partial charge on any atom is 0.161 e. The minimum Gasteiger partial charge on any atom is -0.493 e. The predicted molar refractivity (Wildman–Crippen MR) is 83.2 cm³/mol. The van der Waals surface area contributed by atoms with E-state index in [1.54, 1.807) is 14.2 Å². The molecular formula is C16H26N2O3. The minimum absolute atomic E-state index is 0.138. The molecule has 1 aliphatic heterocycles. The van der Waals surface area contributed by atoms with Gasteiger partial charge in [-0.25, -0.2) is 0 Å². The number of nitrogens with one attached hydrogen (secondary N) is 1. The molecule has 0 aromatic heterocycles. The normalized spacial score (nSPS) is 21.0. The van der Waals surface area contributed by atoms with E-state index in [0.717, 1.165) is 43.3 Å². The predicted octanol–water partition coefficient (Wildman–Crippen LogP) is 1.68. The average molecular weight is 294 g/mol. The third-order valence-corrected chi connectivity index (χ3v) is 4.07. The molecule has 5 nitrogen and oxygen atoms in total. The van der Waals surface area contributed by atoms with E-state index in [9.17, 15) is 0 Å². The highest BCUT2D eigenvalue weighted by atomic mass is 16.5. The van der Waals surface area contributed by atoms with E-state index in [0.29, 0.717) is 0 Å². The van der Waals surface area contributed by atoms with Gasteiger partial charge in [-0.05, 0) is 31.3 Å². The Morgan fingerprint density at radius 3 is 2.71 bits per heavy atom. The van der Waals surface area contributed by atoms with E-state index in [-0.39, 0.29) is 12.1 Å². The molecule has 2 atom stereocenters. The molecule has 1 saturated heterocycles. The Labute approximate surface area is 127 Å². The van der Waals surface area contributed by atoms with Crippen LogP contribution in [0.2, 0.25) is 0 Å². The molecule has 1 aliphatic rings. The number of nitrogens with zero attached hydrogens (tertiary/aromatic N) is 1. The van der Waals surface area contributed by atoms with Gasteiger partial charge in [0.05, 0.1) is 33.0 Å². The molecule has 0 saturated carbocycles. The van der Waals surface area contributed by atoms with Gasteiger partial charge in [0.15, 0.2) is 11.5 Å². The van der Waals surface area contributed by atoms with Gasteiger partial charge in [0.2, 0.25) is 0 Å². The van der Waals surface area contributed by atoms with Crippen molar-refractivity contribution in [2.45, 2.75) is 19.1 Å². The first-order chi connectivity index (χ1) is 10.2. The van der Waals surface area contributed by atoms with Crippen LogP contribution in [0, 0.1) is 0 Å². The Kier molecular flexibility index (Phi) is 5.85. The largest absolute Gasteiger partial charge is 0.493 e. The molecule has 0 bridgehead atoms. The third-order valence-electron chi connectivity index (χ3n) is 4.07. The lowest BCUT2D eigenvalue weighted by Crippen LogP contribution is -2.47. The molecule has 0 radical (unpaired) electrons. The monoisotopic (exact) mass is 294 g/mol. The van der Waals surface area contributed by atoms with Crippen molar-refractivity contribution in [1.29, 1.82) is 0 Å². The topological polar surface area (TPSA) is 43.0 Å². The smallest absolute Gasteiger partial charge is 0.161 e. The Hall–Kier alpha value is -1.30. The van der Waals surface area contributed by atoms with Crippen LogP contribution in [0.3, 0.4) is 0 Å². The summed E-state index contributed by atoms with van der Waals surface area (Å²) in [7, 11) is 5.28. The van der Waals surface area contributed by atoms with Crippen LogP contribution in [-0.2, 0) is 4.74 Å². The second-order valence-corrected chi connectivity index (χ2v) is 5.18. The summed E-state index contributed by atoms with van der Waals surface area (Å²) < 4.78 is 16.7. The van der Waals surface area contributed by atoms with E-state index < -0.39 is 0 Å². The van der Waals surface area contributed by atoms with Crippen molar-refractivity contribution >= 4 is 0 Å². The highest BCUT2D eigenvalue weighted by Crippen LogP contribution is 2.32. The van der Waals surface area contributed by atoms with Crippen LogP contribution in [0.4, 0.5) is 0 Å².